The predicted octanol–water partition coefficient (Wildman–Crippen LogP) is 3.10. The molecule has 0 radical (unpaired) electrons. The van der Waals surface area contributed by atoms with Crippen LogP contribution in [0.25, 0.3) is 0 Å². The van der Waals surface area contributed by atoms with Crippen LogP contribution in [0.15, 0.2) is 71.8 Å². The standard InChI is InChI=1S/C27H28N4O5/c1-18-9-10-19(2)22(13-18)30-25(32)17-36-23-12-11-21(14-24(23)35-3)16-29-31-27(34)26(33)28-15-20-7-5-4-6-8-20/h4-14,16H,15,17H2,1-3H3,(H,28,33)(H,30,32)(H,31,34). The summed E-state index contributed by atoms with van der Waals surface area (Å²) in [4.78, 5) is 36.2. The van der Waals surface area contributed by atoms with E-state index in [1.807, 2.05) is 62.4 Å². The number of hydrogen-bond donors (Lipinski definition) is 3. The van der Waals surface area contributed by atoms with Gasteiger partial charge in [0.2, 0.25) is 0 Å². The number of nitrogens with zero attached hydrogens (tertiary/aromatic N) is 1. The average molecular weight is 489 g/mol. The lowest BCUT2D eigenvalue weighted by Gasteiger charge is -2.12. The second kappa shape index (κ2) is 12.7. The van der Waals surface area contributed by atoms with Crippen LogP contribution in [0.5, 0.6) is 11.5 Å². The summed E-state index contributed by atoms with van der Waals surface area (Å²) >= 11 is 0. The molecule has 0 aliphatic carbocycles. The van der Waals surface area contributed by atoms with E-state index in [9.17, 15) is 14.4 Å². The number of benzene rings is 3. The Morgan fingerprint density at radius 3 is 2.44 bits per heavy atom. The lowest BCUT2D eigenvalue weighted by Crippen LogP contribution is -2.37. The van der Waals surface area contributed by atoms with Crippen LogP contribution in [-0.4, -0.2) is 37.7 Å². The van der Waals surface area contributed by atoms with Gasteiger partial charge in [-0.1, -0.05) is 42.5 Å². The van der Waals surface area contributed by atoms with Crippen LogP contribution in [0.4, 0.5) is 5.69 Å². The van der Waals surface area contributed by atoms with E-state index in [2.05, 4.69) is 21.2 Å². The minimum Gasteiger partial charge on any atom is -0.493 e. The third-order valence-corrected chi connectivity index (χ3v) is 5.10. The first kappa shape index (κ1) is 26.0. The van der Waals surface area contributed by atoms with Gasteiger partial charge in [-0.3, -0.25) is 14.4 Å². The number of aryl methyl sites for hydroxylation is 2. The molecule has 0 aliphatic rings. The highest BCUT2D eigenvalue weighted by Crippen LogP contribution is 2.27. The smallest absolute Gasteiger partial charge is 0.329 e. The van der Waals surface area contributed by atoms with E-state index in [0.717, 1.165) is 22.4 Å². The molecule has 3 rings (SSSR count). The van der Waals surface area contributed by atoms with Crippen LogP contribution in [-0.2, 0) is 20.9 Å². The molecule has 0 fully saturated rings. The fourth-order valence-corrected chi connectivity index (χ4v) is 3.16. The molecule has 0 bridgehead atoms. The summed E-state index contributed by atoms with van der Waals surface area (Å²) in [6.45, 7) is 3.90. The molecule has 3 N–H and O–H groups in total. The van der Waals surface area contributed by atoms with Crippen molar-refractivity contribution in [1.29, 1.82) is 0 Å². The van der Waals surface area contributed by atoms with E-state index in [4.69, 9.17) is 9.47 Å². The van der Waals surface area contributed by atoms with Gasteiger partial charge in [-0.25, -0.2) is 5.43 Å². The second-order valence-electron chi connectivity index (χ2n) is 7.93. The van der Waals surface area contributed by atoms with Crippen LogP contribution in [0.3, 0.4) is 0 Å². The molecule has 3 aromatic rings. The zero-order valence-electron chi connectivity index (χ0n) is 20.3. The predicted molar refractivity (Wildman–Crippen MR) is 137 cm³/mol. The molecule has 36 heavy (non-hydrogen) atoms. The third-order valence-electron chi connectivity index (χ3n) is 5.10. The monoisotopic (exact) mass is 488 g/mol. The molecule has 0 aromatic heterocycles. The summed E-state index contributed by atoms with van der Waals surface area (Å²) in [5.41, 5.74) is 6.38. The Balaban J connectivity index is 1.50. The van der Waals surface area contributed by atoms with Crippen LogP contribution in [0.2, 0.25) is 0 Å². The number of ether oxygens (including phenoxy) is 2. The topological polar surface area (TPSA) is 118 Å². The van der Waals surface area contributed by atoms with Crippen molar-refractivity contribution in [2.75, 3.05) is 19.0 Å². The Labute approximate surface area is 209 Å². The van der Waals surface area contributed by atoms with Gasteiger partial charge in [-0.2, -0.15) is 5.10 Å². The van der Waals surface area contributed by atoms with Crippen molar-refractivity contribution in [3.63, 3.8) is 0 Å². The van der Waals surface area contributed by atoms with E-state index in [1.165, 1.54) is 13.3 Å². The van der Waals surface area contributed by atoms with Gasteiger partial charge in [0.25, 0.3) is 5.91 Å². The minimum atomic E-state index is -0.885. The van der Waals surface area contributed by atoms with Gasteiger partial charge >= 0.3 is 11.8 Å². The number of carbonyl (C=O) groups excluding carboxylic acids is 3. The van der Waals surface area contributed by atoms with Crippen LogP contribution < -0.4 is 25.5 Å². The Kier molecular flexibility index (Phi) is 9.16. The lowest BCUT2D eigenvalue weighted by molar-refractivity contribution is -0.139. The van der Waals surface area contributed by atoms with Crippen molar-refractivity contribution in [2.45, 2.75) is 20.4 Å². The van der Waals surface area contributed by atoms with Gasteiger partial charge in [0.1, 0.15) is 0 Å². The van der Waals surface area contributed by atoms with E-state index in [-0.39, 0.29) is 19.1 Å². The van der Waals surface area contributed by atoms with Crippen molar-refractivity contribution in [3.8, 4) is 11.5 Å². The fraction of sp³-hybridized carbons (Fsp3) is 0.185. The quantitative estimate of drug-likeness (QED) is 0.243. The summed E-state index contributed by atoms with van der Waals surface area (Å²) < 4.78 is 11.0. The highest BCUT2D eigenvalue weighted by atomic mass is 16.5. The number of nitrogens with one attached hydrogen (secondary N) is 3. The first-order valence-corrected chi connectivity index (χ1v) is 11.2. The molecule has 0 atom stereocenters. The average Bonchev–Trinajstić information content (AvgIpc) is 2.89. The fourth-order valence-electron chi connectivity index (χ4n) is 3.16. The van der Waals surface area contributed by atoms with Crippen molar-refractivity contribution in [2.24, 2.45) is 5.10 Å². The van der Waals surface area contributed by atoms with Gasteiger partial charge in [0, 0.05) is 12.2 Å². The summed E-state index contributed by atoms with van der Waals surface area (Å²) in [7, 11) is 1.47. The molecule has 0 saturated carbocycles. The Morgan fingerprint density at radius 2 is 1.69 bits per heavy atom. The largest absolute Gasteiger partial charge is 0.493 e. The zero-order chi connectivity index (χ0) is 25.9. The van der Waals surface area contributed by atoms with Gasteiger partial charge in [-0.05, 0) is 60.4 Å². The maximum Gasteiger partial charge on any atom is 0.329 e. The molecule has 186 valence electrons. The summed E-state index contributed by atoms with van der Waals surface area (Å²) in [5, 5.41) is 9.17. The molecular formula is C27H28N4O5. The maximum atomic E-state index is 12.3. The normalized spacial score (nSPS) is 10.5. The molecule has 9 heteroatoms. The summed E-state index contributed by atoms with van der Waals surface area (Å²) in [6.07, 6.45) is 1.36. The number of anilines is 1. The minimum absolute atomic E-state index is 0.203. The molecule has 0 aliphatic heterocycles. The van der Waals surface area contributed by atoms with Crippen LogP contribution in [0.1, 0.15) is 22.3 Å². The highest BCUT2D eigenvalue weighted by molar-refractivity contribution is 6.35. The number of carbonyl (C=O) groups is 3. The maximum absolute atomic E-state index is 12.3. The summed E-state index contributed by atoms with van der Waals surface area (Å²) in [5.74, 6) is -1.23. The zero-order valence-corrected chi connectivity index (χ0v) is 20.3. The molecule has 0 spiro atoms. The van der Waals surface area contributed by atoms with Crippen LogP contribution in [0, 0.1) is 13.8 Å². The molecule has 3 aromatic carbocycles. The molecule has 3 amide bonds. The first-order valence-electron chi connectivity index (χ1n) is 11.2. The third kappa shape index (κ3) is 7.69. The van der Waals surface area contributed by atoms with Crippen molar-refractivity contribution in [3.05, 3.63) is 89.0 Å². The highest BCUT2D eigenvalue weighted by Gasteiger charge is 2.12. The number of rotatable bonds is 9. The van der Waals surface area contributed by atoms with E-state index in [1.54, 1.807) is 18.2 Å². The Hall–Kier alpha value is -4.66. The number of hydrogen-bond acceptors (Lipinski definition) is 6. The molecular weight excluding hydrogens is 460 g/mol. The van der Waals surface area contributed by atoms with E-state index < -0.39 is 11.8 Å². The number of amides is 3. The van der Waals surface area contributed by atoms with E-state index >= 15 is 0 Å². The van der Waals surface area contributed by atoms with Gasteiger partial charge < -0.3 is 20.1 Å². The van der Waals surface area contributed by atoms with Gasteiger partial charge in [0.05, 0.1) is 13.3 Å². The number of hydrazone groups is 1. The van der Waals surface area contributed by atoms with Gasteiger partial charge in [0.15, 0.2) is 18.1 Å². The number of methoxy groups -OCH3 is 1. The van der Waals surface area contributed by atoms with E-state index in [0.29, 0.717) is 17.1 Å². The Bertz CT molecular complexity index is 1260. The first-order chi connectivity index (χ1) is 17.4. The SMILES string of the molecule is COc1cc(C=NNC(=O)C(=O)NCc2ccccc2)ccc1OCC(=O)Nc1cc(C)ccc1C. The lowest BCUT2D eigenvalue weighted by atomic mass is 10.1. The van der Waals surface area contributed by atoms with Crippen molar-refractivity contribution in [1.82, 2.24) is 10.7 Å². The van der Waals surface area contributed by atoms with Crippen molar-refractivity contribution >= 4 is 29.6 Å². The molecule has 0 unspecified atom stereocenters. The summed E-state index contributed by atoms with van der Waals surface area (Å²) in [6, 6.07) is 20.0. The molecule has 9 nitrogen and oxygen atoms in total. The second-order valence-corrected chi connectivity index (χ2v) is 7.93. The van der Waals surface area contributed by atoms with Gasteiger partial charge in [-0.15, -0.1) is 0 Å². The van der Waals surface area contributed by atoms with Crippen molar-refractivity contribution < 1.29 is 23.9 Å². The molecule has 0 heterocycles. The van der Waals surface area contributed by atoms with Crippen LogP contribution >= 0.6 is 0 Å². The Morgan fingerprint density at radius 1 is 0.917 bits per heavy atom. The molecule has 0 saturated heterocycles.